The summed E-state index contributed by atoms with van der Waals surface area (Å²) in [7, 11) is 0. The van der Waals surface area contributed by atoms with Crippen LogP contribution in [0.5, 0.6) is 5.75 Å². The summed E-state index contributed by atoms with van der Waals surface area (Å²) in [5, 5.41) is 2.82. The van der Waals surface area contributed by atoms with Gasteiger partial charge >= 0.3 is 5.97 Å². The lowest BCUT2D eigenvalue weighted by Crippen LogP contribution is -2.44. The molecule has 162 valence electrons. The number of nitrogens with one attached hydrogen (secondary N) is 1. The molecule has 30 heavy (non-hydrogen) atoms. The van der Waals surface area contributed by atoms with Crippen LogP contribution in [0.2, 0.25) is 0 Å². The molecule has 0 aliphatic carbocycles. The SMILES string of the molecule is CCOC(=O)C(Cc1ccc(OCc2cccc(N)c2)cc1)NC(=O)CC(C)(C)C. The number of amides is 1. The van der Waals surface area contributed by atoms with Crippen molar-refractivity contribution in [3.8, 4) is 5.75 Å². The number of anilines is 1. The van der Waals surface area contributed by atoms with E-state index in [1.165, 1.54) is 0 Å². The molecule has 0 saturated heterocycles. The van der Waals surface area contributed by atoms with Crippen molar-refractivity contribution in [2.45, 2.75) is 53.2 Å². The van der Waals surface area contributed by atoms with Crippen molar-refractivity contribution in [2.75, 3.05) is 12.3 Å². The highest BCUT2D eigenvalue weighted by Gasteiger charge is 2.25. The second-order valence-corrected chi connectivity index (χ2v) is 8.49. The van der Waals surface area contributed by atoms with E-state index in [-0.39, 0.29) is 17.9 Å². The summed E-state index contributed by atoms with van der Waals surface area (Å²) in [5.41, 5.74) is 8.21. The second kappa shape index (κ2) is 10.7. The van der Waals surface area contributed by atoms with E-state index in [0.29, 0.717) is 30.9 Å². The quantitative estimate of drug-likeness (QED) is 0.482. The number of ether oxygens (including phenoxy) is 2. The molecule has 0 aliphatic heterocycles. The number of nitrogens with two attached hydrogens (primary N) is 1. The van der Waals surface area contributed by atoms with Crippen LogP contribution in [-0.2, 0) is 27.4 Å². The van der Waals surface area contributed by atoms with Crippen molar-refractivity contribution in [2.24, 2.45) is 5.41 Å². The Morgan fingerprint density at radius 2 is 1.77 bits per heavy atom. The summed E-state index contributed by atoms with van der Waals surface area (Å²) in [6, 6.07) is 14.3. The predicted octanol–water partition coefficient (Wildman–Crippen LogP) is 3.87. The van der Waals surface area contributed by atoms with E-state index in [9.17, 15) is 9.59 Å². The maximum absolute atomic E-state index is 12.3. The molecule has 0 aromatic heterocycles. The van der Waals surface area contributed by atoms with Crippen molar-refractivity contribution >= 4 is 17.6 Å². The average Bonchev–Trinajstić information content (AvgIpc) is 2.66. The van der Waals surface area contributed by atoms with Crippen LogP contribution in [0.15, 0.2) is 48.5 Å². The Balaban J connectivity index is 1.99. The summed E-state index contributed by atoms with van der Waals surface area (Å²) in [6.45, 7) is 8.37. The van der Waals surface area contributed by atoms with E-state index >= 15 is 0 Å². The Bertz CT molecular complexity index is 841. The van der Waals surface area contributed by atoms with Gasteiger partial charge in [-0.05, 0) is 47.7 Å². The summed E-state index contributed by atoms with van der Waals surface area (Å²) >= 11 is 0. The first-order chi connectivity index (χ1) is 14.2. The highest BCUT2D eigenvalue weighted by molar-refractivity contribution is 5.85. The number of benzene rings is 2. The van der Waals surface area contributed by atoms with Crippen molar-refractivity contribution in [3.63, 3.8) is 0 Å². The van der Waals surface area contributed by atoms with Gasteiger partial charge in [0.05, 0.1) is 6.61 Å². The standard InChI is InChI=1S/C24H32N2O4/c1-5-29-23(28)21(26-22(27)15-24(2,3)4)14-17-9-11-20(12-10-17)30-16-18-7-6-8-19(25)13-18/h6-13,21H,5,14-16,25H2,1-4H3,(H,26,27). The zero-order chi connectivity index (χ0) is 22.1. The van der Waals surface area contributed by atoms with E-state index in [1.54, 1.807) is 6.92 Å². The van der Waals surface area contributed by atoms with Gasteiger partial charge in [0, 0.05) is 18.5 Å². The fourth-order valence-electron chi connectivity index (χ4n) is 2.97. The maximum Gasteiger partial charge on any atom is 0.328 e. The van der Waals surface area contributed by atoms with Crippen molar-refractivity contribution in [1.82, 2.24) is 5.32 Å². The first-order valence-electron chi connectivity index (χ1n) is 10.2. The van der Waals surface area contributed by atoms with Gasteiger partial charge in [0.25, 0.3) is 0 Å². The lowest BCUT2D eigenvalue weighted by Gasteiger charge is -2.21. The number of carbonyl (C=O) groups excluding carboxylic acids is 2. The highest BCUT2D eigenvalue weighted by Crippen LogP contribution is 2.19. The number of nitrogen functional groups attached to an aromatic ring is 1. The lowest BCUT2D eigenvalue weighted by atomic mass is 9.91. The number of carbonyl (C=O) groups is 2. The topological polar surface area (TPSA) is 90.7 Å². The molecule has 0 saturated carbocycles. The average molecular weight is 413 g/mol. The highest BCUT2D eigenvalue weighted by atomic mass is 16.5. The Kier molecular flexibility index (Phi) is 8.27. The fourth-order valence-corrected chi connectivity index (χ4v) is 2.97. The molecule has 0 radical (unpaired) electrons. The van der Waals surface area contributed by atoms with Gasteiger partial charge in [-0.25, -0.2) is 4.79 Å². The van der Waals surface area contributed by atoms with Gasteiger partial charge in [0.2, 0.25) is 5.91 Å². The predicted molar refractivity (Wildman–Crippen MR) is 118 cm³/mol. The van der Waals surface area contributed by atoms with E-state index < -0.39 is 12.0 Å². The van der Waals surface area contributed by atoms with E-state index in [4.69, 9.17) is 15.2 Å². The third-order valence-corrected chi connectivity index (χ3v) is 4.32. The summed E-state index contributed by atoms with van der Waals surface area (Å²) in [5.74, 6) is 0.120. The van der Waals surface area contributed by atoms with Crippen molar-refractivity contribution in [1.29, 1.82) is 0 Å². The fraction of sp³-hybridized carbons (Fsp3) is 0.417. The third-order valence-electron chi connectivity index (χ3n) is 4.32. The van der Waals surface area contributed by atoms with Gasteiger partial charge in [0.1, 0.15) is 18.4 Å². The molecule has 1 amide bonds. The van der Waals surface area contributed by atoms with E-state index in [0.717, 1.165) is 11.1 Å². The number of esters is 1. The first-order valence-corrected chi connectivity index (χ1v) is 10.2. The summed E-state index contributed by atoms with van der Waals surface area (Å²) in [6.07, 6.45) is 0.684. The number of hydrogen-bond acceptors (Lipinski definition) is 5. The van der Waals surface area contributed by atoms with Gasteiger partial charge < -0.3 is 20.5 Å². The lowest BCUT2D eigenvalue weighted by molar-refractivity contribution is -0.147. The van der Waals surface area contributed by atoms with E-state index in [1.807, 2.05) is 69.3 Å². The van der Waals surface area contributed by atoms with Crippen LogP contribution in [0.25, 0.3) is 0 Å². The molecular formula is C24H32N2O4. The Hall–Kier alpha value is -3.02. The Labute approximate surface area is 178 Å². The molecule has 3 N–H and O–H groups in total. The monoisotopic (exact) mass is 412 g/mol. The largest absolute Gasteiger partial charge is 0.489 e. The van der Waals surface area contributed by atoms with Crippen molar-refractivity contribution < 1.29 is 19.1 Å². The Morgan fingerprint density at radius 3 is 2.37 bits per heavy atom. The van der Waals surface area contributed by atoms with Crippen LogP contribution in [-0.4, -0.2) is 24.5 Å². The second-order valence-electron chi connectivity index (χ2n) is 8.49. The van der Waals surface area contributed by atoms with Crippen LogP contribution in [0.1, 0.15) is 45.2 Å². The van der Waals surface area contributed by atoms with Crippen LogP contribution < -0.4 is 15.8 Å². The molecule has 6 nitrogen and oxygen atoms in total. The molecule has 0 spiro atoms. The minimum Gasteiger partial charge on any atom is -0.489 e. The van der Waals surface area contributed by atoms with Gasteiger partial charge in [-0.15, -0.1) is 0 Å². The summed E-state index contributed by atoms with van der Waals surface area (Å²) in [4.78, 5) is 24.6. The molecule has 1 unspecified atom stereocenters. The van der Waals surface area contributed by atoms with Gasteiger partial charge in [-0.1, -0.05) is 45.0 Å². The molecule has 2 aromatic carbocycles. The maximum atomic E-state index is 12.3. The summed E-state index contributed by atoms with van der Waals surface area (Å²) < 4.78 is 10.9. The molecule has 2 rings (SSSR count). The molecule has 0 heterocycles. The van der Waals surface area contributed by atoms with E-state index in [2.05, 4.69) is 5.32 Å². The van der Waals surface area contributed by atoms with Crippen LogP contribution in [0.4, 0.5) is 5.69 Å². The normalized spacial score (nSPS) is 12.1. The van der Waals surface area contributed by atoms with Crippen molar-refractivity contribution in [3.05, 3.63) is 59.7 Å². The zero-order valence-electron chi connectivity index (χ0n) is 18.2. The number of rotatable bonds is 9. The minimum absolute atomic E-state index is 0.161. The zero-order valence-corrected chi connectivity index (χ0v) is 18.2. The minimum atomic E-state index is -0.723. The third kappa shape index (κ3) is 8.15. The van der Waals surface area contributed by atoms with Crippen LogP contribution in [0, 0.1) is 5.41 Å². The molecular weight excluding hydrogens is 380 g/mol. The smallest absolute Gasteiger partial charge is 0.328 e. The number of hydrogen-bond donors (Lipinski definition) is 2. The molecule has 2 aromatic rings. The van der Waals surface area contributed by atoms with Crippen LogP contribution in [0.3, 0.4) is 0 Å². The molecule has 6 heteroatoms. The molecule has 0 bridgehead atoms. The first kappa shape index (κ1) is 23.3. The molecule has 0 fully saturated rings. The molecule has 0 aliphatic rings. The van der Waals surface area contributed by atoms with Crippen LogP contribution >= 0.6 is 0 Å². The van der Waals surface area contributed by atoms with Gasteiger partial charge in [0.15, 0.2) is 0 Å². The molecule has 1 atom stereocenters. The Morgan fingerprint density at radius 1 is 1.07 bits per heavy atom. The van der Waals surface area contributed by atoms with Gasteiger partial charge in [-0.3, -0.25) is 4.79 Å². The van der Waals surface area contributed by atoms with Gasteiger partial charge in [-0.2, -0.15) is 0 Å².